The largest absolute Gasteiger partial charge is 0.378 e. The number of nitrogens with one attached hydrogen (secondary N) is 2. The Bertz CT molecular complexity index is 842. The lowest BCUT2D eigenvalue weighted by Crippen LogP contribution is -2.40. The van der Waals surface area contributed by atoms with Gasteiger partial charge in [-0.15, -0.1) is 0 Å². The Labute approximate surface area is 152 Å². The highest BCUT2D eigenvalue weighted by Crippen LogP contribution is 2.29. The predicted molar refractivity (Wildman–Crippen MR) is 98.2 cm³/mol. The molecular weight excluding hydrogens is 330 g/mol. The number of benzene rings is 2. The van der Waals surface area contributed by atoms with E-state index >= 15 is 0 Å². The second kappa shape index (κ2) is 6.80. The number of morpholine rings is 1. The van der Waals surface area contributed by atoms with Crippen LogP contribution < -0.4 is 10.6 Å². The van der Waals surface area contributed by atoms with Gasteiger partial charge in [-0.1, -0.05) is 24.3 Å². The average Bonchev–Trinajstić information content (AvgIpc) is 2.69. The molecule has 2 N–H and O–H groups in total. The second-order valence-corrected chi connectivity index (χ2v) is 6.57. The molecule has 6 heteroatoms. The first-order valence-electron chi connectivity index (χ1n) is 8.77. The zero-order valence-corrected chi connectivity index (χ0v) is 14.6. The first kappa shape index (κ1) is 16.6. The summed E-state index contributed by atoms with van der Waals surface area (Å²) in [4.78, 5) is 26.7. The Hall–Kier alpha value is -2.86. The Morgan fingerprint density at radius 2 is 1.81 bits per heavy atom. The average molecular weight is 351 g/mol. The summed E-state index contributed by atoms with van der Waals surface area (Å²) in [5.41, 5.74) is 4.09. The zero-order chi connectivity index (χ0) is 18.1. The van der Waals surface area contributed by atoms with Gasteiger partial charge in [0, 0.05) is 18.7 Å². The van der Waals surface area contributed by atoms with Crippen molar-refractivity contribution in [3.8, 4) is 0 Å². The van der Waals surface area contributed by atoms with Crippen LogP contribution in [0.25, 0.3) is 0 Å². The first-order valence-corrected chi connectivity index (χ1v) is 8.77. The molecule has 0 bridgehead atoms. The van der Waals surface area contributed by atoms with Crippen molar-refractivity contribution < 1.29 is 14.3 Å². The highest BCUT2D eigenvalue weighted by atomic mass is 16.5. The van der Waals surface area contributed by atoms with Gasteiger partial charge in [-0.25, -0.2) is 0 Å². The van der Waals surface area contributed by atoms with Gasteiger partial charge in [-0.2, -0.15) is 0 Å². The van der Waals surface area contributed by atoms with Gasteiger partial charge in [0.2, 0.25) is 0 Å². The lowest BCUT2D eigenvalue weighted by molar-refractivity contribution is 0.0303. The maximum atomic E-state index is 12.5. The van der Waals surface area contributed by atoms with E-state index < -0.39 is 0 Å². The normalized spacial score (nSPS) is 19.3. The van der Waals surface area contributed by atoms with Crippen molar-refractivity contribution in [2.45, 2.75) is 13.1 Å². The summed E-state index contributed by atoms with van der Waals surface area (Å²) in [7, 11) is 0. The summed E-state index contributed by atoms with van der Waals surface area (Å²) in [5.74, 6) is -0.0809. The minimum absolute atomic E-state index is 0.0154. The second-order valence-electron chi connectivity index (χ2n) is 6.57. The molecule has 0 aliphatic carbocycles. The van der Waals surface area contributed by atoms with Gasteiger partial charge < -0.3 is 20.3 Å². The molecular formula is C20H21N3O3. The number of ether oxygens (including phenoxy) is 1. The Morgan fingerprint density at radius 3 is 2.54 bits per heavy atom. The number of rotatable bonds is 2. The third-order valence-electron chi connectivity index (χ3n) is 4.87. The summed E-state index contributed by atoms with van der Waals surface area (Å²) < 4.78 is 5.29. The molecule has 2 amide bonds. The molecule has 2 heterocycles. The van der Waals surface area contributed by atoms with Crippen LogP contribution in [0.3, 0.4) is 0 Å². The van der Waals surface area contributed by atoms with E-state index in [1.54, 1.807) is 4.90 Å². The van der Waals surface area contributed by atoms with E-state index in [1.807, 2.05) is 49.4 Å². The number of aryl methyl sites for hydroxylation is 1. The van der Waals surface area contributed by atoms with Crippen LogP contribution in [0.2, 0.25) is 0 Å². The van der Waals surface area contributed by atoms with Gasteiger partial charge in [0.05, 0.1) is 24.5 Å². The van der Waals surface area contributed by atoms with Crippen LogP contribution in [0.5, 0.6) is 0 Å². The lowest BCUT2D eigenvalue weighted by Gasteiger charge is -2.30. The molecule has 1 fully saturated rings. The number of carbonyl (C=O) groups excluding carboxylic acids is 2. The fourth-order valence-corrected chi connectivity index (χ4v) is 3.37. The predicted octanol–water partition coefficient (Wildman–Crippen LogP) is 2.32. The van der Waals surface area contributed by atoms with Crippen LogP contribution in [0.4, 0.5) is 5.69 Å². The fraction of sp³-hybridized carbons (Fsp3) is 0.300. The quantitative estimate of drug-likeness (QED) is 0.871. The molecule has 0 aromatic heterocycles. The van der Waals surface area contributed by atoms with Crippen molar-refractivity contribution in [2.24, 2.45) is 0 Å². The highest BCUT2D eigenvalue weighted by molar-refractivity contribution is 6.02. The molecule has 2 aliphatic heterocycles. The van der Waals surface area contributed by atoms with Crippen LogP contribution in [0, 0.1) is 6.92 Å². The van der Waals surface area contributed by atoms with E-state index in [-0.39, 0.29) is 18.0 Å². The molecule has 2 aromatic rings. The topological polar surface area (TPSA) is 70.7 Å². The maximum Gasteiger partial charge on any atom is 0.255 e. The smallest absolute Gasteiger partial charge is 0.255 e. The Balaban J connectivity index is 1.53. The van der Waals surface area contributed by atoms with Crippen molar-refractivity contribution in [2.75, 3.05) is 31.6 Å². The number of fused-ring (bicyclic) bond motifs is 1. The van der Waals surface area contributed by atoms with Crippen LogP contribution in [-0.4, -0.2) is 43.0 Å². The fourth-order valence-electron chi connectivity index (χ4n) is 3.37. The number of anilines is 1. The van der Waals surface area contributed by atoms with Gasteiger partial charge >= 0.3 is 0 Å². The third kappa shape index (κ3) is 3.04. The SMILES string of the molecule is Cc1cccc2c1NC(c1ccc(C(=O)N3CCOCC3)cc1)NC2=O. The number of para-hydroxylation sites is 1. The molecule has 6 nitrogen and oxygen atoms in total. The van der Waals surface area contributed by atoms with E-state index in [0.717, 1.165) is 16.8 Å². The molecule has 1 saturated heterocycles. The van der Waals surface area contributed by atoms with Crippen LogP contribution in [0.1, 0.15) is 38.0 Å². The van der Waals surface area contributed by atoms with Crippen molar-refractivity contribution in [1.82, 2.24) is 10.2 Å². The Kier molecular flexibility index (Phi) is 4.34. The minimum atomic E-state index is -0.316. The molecule has 26 heavy (non-hydrogen) atoms. The van der Waals surface area contributed by atoms with Crippen molar-refractivity contribution >= 4 is 17.5 Å². The van der Waals surface area contributed by atoms with Crippen LogP contribution in [0.15, 0.2) is 42.5 Å². The summed E-state index contributed by atoms with van der Waals surface area (Å²) in [6.45, 7) is 4.39. The molecule has 1 atom stereocenters. The van der Waals surface area contributed by atoms with Gasteiger partial charge in [-0.05, 0) is 36.2 Å². The van der Waals surface area contributed by atoms with Crippen molar-refractivity contribution in [3.05, 3.63) is 64.7 Å². The number of amides is 2. The van der Waals surface area contributed by atoms with Gasteiger partial charge in [0.25, 0.3) is 11.8 Å². The summed E-state index contributed by atoms with van der Waals surface area (Å²) in [5, 5.41) is 6.35. The molecule has 4 rings (SSSR count). The van der Waals surface area contributed by atoms with Gasteiger partial charge in [-0.3, -0.25) is 9.59 Å². The molecule has 2 aliphatic rings. The highest BCUT2D eigenvalue weighted by Gasteiger charge is 2.26. The number of hydrogen-bond donors (Lipinski definition) is 2. The number of nitrogens with zero attached hydrogens (tertiary/aromatic N) is 1. The van der Waals surface area contributed by atoms with Gasteiger partial charge in [0.15, 0.2) is 0 Å². The molecule has 1 unspecified atom stereocenters. The maximum absolute atomic E-state index is 12.5. The van der Waals surface area contributed by atoms with Crippen LogP contribution in [-0.2, 0) is 4.74 Å². The molecule has 134 valence electrons. The number of hydrogen-bond acceptors (Lipinski definition) is 4. The van der Waals surface area contributed by atoms with E-state index in [4.69, 9.17) is 4.74 Å². The third-order valence-corrected chi connectivity index (χ3v) is 4.87. The Morgan fingerprint density at radius 1 is 1.08 bits per heavy atom. The molecule has 0 radical (unpaired) electrons. The van der Waals surface area contributed by atoms with E-state index in [2.05, 4.69) is 10.6 Å². The van der Waals surface area contributed by atoms with E-state index in [1.165, 1.54) is 0 Å². The van der Waals surface area contributed by atoms with Crippen molar-refractivity contribution in [3.63, 3.8) is 0 Å². The van der Waals surface area contributed by atoms with E-state index in [9.17, 15) is 9.59 Å². The molecule has 0 spiro atoms. The lowest BCUT2D eigenvalue weighted by atomic mass is 10.0. The van der Waals surface area contributed by atoms with E-state index in [0.29, 0.717) is 37.4 Å². The number of carbonyl (C=O) groups is 2. The first-order chi connectivity index (χ1) is 12.6. The minimum Gasteiger partial charge on any atom is -0.378 e. The summed E-state index contributed by atoms with van der Waals surface area (Å²) in [6, 6.07) is 13.1. The molecule has 0 saturated carbocycles. The standard InChI is InChI=1S/C20H21N3O3/c1-13-3-2-4-16-17(13)21-18(22-19(16)24)14-5-7-15(8-6-14)20(25)23-9-11-26-12-10-23/h2-8,18,21H,9-12H2,1H3,(H,22,24). The summed E-state index contributed by atoms with van der Waals surface area (Å²) in [6.07, 6.45) is -0.316. The van der Waals surface area contributed by atoms with Gasteiger partial charge in [0.1, 0.15) is 6.17 Å². The molecule has 2 aromatic carbocycles. The zero-order valence-electron chi connectivity index (χ0n) is 14.6. The monoisotopic (exact) mass is 351 g/mol. The van der Waals surface area contributed by atoms with Crippen LogP contribution >= 0.6 is 0 Å². The summed E-state index contributed by atoms with van der Waals surface area (Å²) >= 11 is 0. The van der Waals surface area contributed by atoms with Crippen molar-refractivity contribution in [1.29, 1.82) is 0 Å².